The van der Waals surface area contributed by atoms with Gasteiger partial charge in [0.05, 0.1) is 12.0 Å². The summed E-state index contributed by atoms with van der Waals surface area (Å²) in [6.07, 6.45) is 1.21. The normalized spacial score (nSPS) is 24.5. The van der Waals surface area contributed by atoms with Crippen molar-refractivity contribution in [1.82, 2.24) is 14.8 Å². The lowest BCUT2D eigenvalue weighted by molar-refractivity contribution is -0.179. The van der Waals surface area contributed by atoms with Crippen molar-refractivity contribution in [1.29, 1.82) is 0 Å². The summed E-state index contributed by atoms with van der Waals surface area (Å²) < 4.78 is 1.01. The van der Waals surface area contributed by atoms with Gasteiger partial charge in [0, 0.05) is 5.02 Å². The van der Waals surface area contributed by atoms with Crippen molar-refractivity contribution in [3.63, 3.8) is 0 Å². The van der Waals surface area contributed by atoms with Crippen LogP contribution in [0.1, 0.15) is 23.1 Å². The van der Waals surface area contributed by atoms with Crippen molar-refractivity contribution >= 4 is 23.5 Å². The highest BCUT2D eigenvalue weighted by Gasteiger charge is 2.56. The first-order valence-electron chi connectivity index (χ1n) is 7.95. The van der Waals surface area contributed by atoms with Crippen molar-refractivity contribution in [3.05, 3.63) is 77.1 Å². The maximum Gasteiger partial charge on any atom is 0.360 e. The Hall–Kier alpha value is -2.90. The number of carbonyl (C=O) groups is 1. The quantitative estimate of drug-likeness (QED) is 0.655. The molecule has 0 spiro atoms. The molecule has 0 fully saturated rings. The molecule has 1 aliphatic heterocycles. The van der Waals surface area contributed by atoms with Crippen LogP contribution in [-0.4, -0.2) is 30.9 Å². The number of rotatable bonds is 3. The zero-order valence-corrected chi connectivity index (χ0v) is 14.2. The van der Waals surface area contributed by atoms with E-state index in [1.165, 1.54) is 6.33 Å². The molecule has 7 nitrogen and oxygen atoms in total. The summed E-state index contributed by atoms with van der Waals surface area (Å²) in [6.45, 7) is 0. The zero-order chi connectivity index (χ0) is 18.3. The lowest BCUT2D eigenvalue weighted by atomic mass is 9.78. The third kappa shape index (κ3) is 2.44. The van der Waals surface area contributed by atoms with E-state index in [0.29, 0.717) is 10.6 Å². The molecule has 2 aromatic carbocycles. The van der Waals surface area contributed by atoms with Gasteiger partial charge in [-0.15, -0.1) is 0 Å². The third-order valence-corrected chi connectivity index (χ3v) is 4.88. The van der Waals surface area contributed by atoms with Gasteiger partial charge >= 0.3 is 5.97 Å². The first kappa shape index (κ1) is 16.6. The fourth-order valence-corrected chi connectivity index (χ4v) is 3.56. The van der Waals surface area contributed by atoms with E-state index in [4.69, 9.17) is 11.6 Å². The fourth-order valence-electron chi connectivity index (χ4n) is 3.43. The van der Waals surface area contributed by atoms with Crippen LogP contribution in [-0.2, 0) is 10.5 Å². The highest BCUT2D eigenvalue weighted by Crippen LogP contribution is 2.47. The second-order valence-electron chi connectivity index (χ2n) is 6.09. The van der Waals surface area contributed by atoms with Crippen molar-refractivity contribution in [3.8, 4) is 0 Å². The average Bonchev–Trinajstić information content (AvgIpc) is 3.12. The van der Waals surface area contributed by atoms with Crippen LogP contribution in [0.15, 0.2) is 60.9 Å². The Morgan fingerprint density at radius 3 is 2.46 bits per heavy atom. The van der Waals surface area contributed by atoms with E-state index in [1.807, 2.05) is 6.07 Å². The van der Waals surface area contributed by atoms with Crippen LogP contribution in [0.3, 0.4) is 0 Å². The van der Waals surface area contributed by atoms with E-state index < -0.39 is 23.7 Å². The van der Waals surface area contributed by atoms with Crippen molar-refractivity contribution in [2.45, 2.75) is 17.7 Å². The Bertz CT molecular complexity index is 945. The largest absolute Gasteiger partial charge is 0.478 e. The maximum absolute atomic E-state index is 12.2. The van der Waals surface area contributed by atoms with Gasteiger partial charge < -0.3 is 15.5 Å². The fraction of sp³-hybridized carbons (Fsp3) is 0.167. The summed E-state index contributed by atoms with van der Waals surface area (Å²) in [6, 6.07) is 15.5. The molecular formula is C18H15ClN4O3. The molecule has 3 aromatic rings. The van der Waals surface area contributed by atoms with Crippen LogP contribution in [0, 0.1) is 0 Å². The number of halogens is 1. The minimum Gasteiger partial charge on any atom is -0.478 e. The topological polar surface area (TPSA) is 100 Å². The van der Waals surface area contributed by atoms with Crippen molar-refractivity contribution in [2.75, 3.05) is 5.32 Å². The molecule has 3 N–H and O–H groups in total. The Kier molecular flexibility index (Phi) is 3.90. The molecule has 0 bridgehead atoms. The van der Waals surface area contributed by atoms with Crippen LogP contribution in [0.25, 0.3) is 0 Å². The molecule has 0 saturated heterocycles. The Morgan fingerprint density at radius 1 is 1.12 bits per heavy atom. The molecule has 4 rings (SSSR count). The maximum atomic E-state index is 12.2. The minimum atomic E-state index is -2.30. The van der Waals surface area contributed by atoms with Crippen LogP contribution < -0.4 is 5.32 Å². The summed E-state index contributed by atoms with van der Waals surface area (Å²) in [7, 11) is 0. The number of carboxylic acid groups (broad SMARTS) is 1. The SMILES string of the molecule is O=C(O)C1(O)[C@H](c2ccccc2)[C@@H](c2ccc(Cl)cc2)Nc2ncnn21. The number of aliphatic carboxylic acids is 1. The van der Waals surface area contributed by atoms with Gasteiger partial charge in [0.1, 0.15) is 6.33 Å². The molecule has 1 unspecified atom stereocenters. The second kappa shape index (κ2) is 6.12. The van der Waals surface area contributed by atoms with E-state index >= 15 is 0 Å². The minimum absolute atomic E-state index is 0.182. The predicted octanol–water partition coefficient (Wildman–Crippen LogP) is 2.61. The number of benzene rings is 2. The molecular weight excluding hydrogens is 356 g/mol. The molecule has 0 amide bonds. The van der Waals surface area contributed by atoms with Crippen LogP contribution >= 0.6 is 11.6 Å². The first-order valence-corrected chi connectivity index (χ1v) is 8.33. The number of anilines is 1. The standard InChI is InChI=1S/C18H15ClN4O3/c19-13-8-6-12(7-9-13)15-14(11-4-2-1-3-5-11)18(26,16(24)25)23-17(22-15)20-10-21-23/h1-10,14-15,26H,(H,24,25)(H,20,21,22)/t14-,15-,18?/m1/s1. The number of aromatic nitrogens is 3. The molecule has 3 atom stereocenters. The molecule has 26 heavy (non-hydrogen) atoms. The van der Waals surface area contributed by atoms with Gasteiger partial charge in [-0.25, -0.2) is 4.79 Å². The molecule has 0 radical (unpaired) electrons. The number of hydrogen-bond donors (Lipinski definition) is 3. The van der Waals surface area contributed by atoms with Gasteiger partial charge in [-0.3, -0.25) is 0 Å². The Labute approximate surface area is 153 Å². The van der Waals surface area contributed by atoms with E-state index in [0.717, 1.165) is 10.2 Å². The number of hydrogen-bond acceptors (Lipinski definition) is 5. The van der Waals surface area contributed by atoms with Gasteiger partial charge in [-0.05, 0) is 23.3 Å². The summed E-state index contributed by atoms with van der Waals surface area (Å²) >= 11 is 5.98. The predicted molar refractivity (Wildman–Crippen MR) is 94.8 cm³/mol. The molecule has 0 aliphatic carbocycles. The monoisotopic (exact) mass is 370 g/mol. The van der Waals surface area contributed by atoms with Gasteiger partial charge in [-0.1, -0.05) is 54.1 Å². The van der Waals surface area contributed by atoms with Crippen LogP contribution in [0.5, 0.6) is 0 Å². The van der Waals surface area contributed by atoms with Crippen molar-refractivity contribution in [2.24, 2.45) is 0 Å². The Morgan fingerprint density at radius 2 is 1.81 bits per heavy atom. The van der Waals surface area contributed by atoms with Gasteiger partial charge in [-0.2, -0.15) is 14.8 Å². The summed E-state index contributed by atoms with van der Waals surface area (Å²) in [4.78, 5) is 16.2. The highest BCUT2D eigenvalue weighted by molar-refractivity contribution is 6.30. The van der Waals surface area contributed by atoms with E-state index in [1.54, 1.807) is 48.5 Å². The first-order chi connectivity index (χ1) is 12.5. The average molecular weight is 371 g/mol. The molecule has 1 aliphatic rings. The number of nitrogens with zero attached hydrogens (tertiary/aromatic N) is 3. The number of carboxylic acids is 1. The van der Waals surface area contributed by atoms with E-state index in [9.17, 15) is 15.0 Å². The molecule has 1 aromatic heterocycles. The van der Waals surface area contributed by atoms with E-state index in [-0.39, 0.29) is 5.95 Å². The second-order valence-corrected chi connectivity index (χ2v) is 6.53. The molecule has 8 heteroatoms. The molecule has 2 heterocycles. The Balaban J connectivity index is 1.95. The zero-order valence-electron chi connectivity index (χ0n) is 13.5. The van der Waals surface area contributed by atoms with E-state index in [2.05, 4.69) is 15.4 Å². The van der Waals surface area contributed by atoms with Gasteiger partial charge in [0.25, 0.3) is 5.72 Å². The van der Waals surface area contributed by atoms with Crippen molar-refractivity contribution < 1.29 is 15.0 Å². The third-order valence-electron chi connectivity index (χ3n) is 4.62. The van der Waals surface area contributed by atoms with Gasteiger partial charge in [0.2, 0.25) is 5.95 Å². The smallest absolute Gasteiger partial charge is 0.360 e. The lowest BCUT2D eigenvalue weighted by Crippen LogP contribution is -2.54. The summed E-state index contributed by atoms with van der Waals surface area (Å²) in [5.41, 5.74) is -0.869. The number of aliphatic hydroxyl groups is 1. The van der Waals surface area contributed by atoms with Crippen LogP contribution in [0.4, 0.5) is 5.95 Å². The van der Waals surface area contributed by atoms with Crippen LogP contribution in [0.2, 0.25) is 5.02 Å². The summed E-state index contributed by atoms with van der Waals surface area (Å²) in [5.74, 6) is -2.07. The number of nitrogens with one attached hydrogen (secondary N) is 1. The number of fused-ring (bicyclic) bond motifs is 1. The molecule has 132 valence electrons. The lowest BCUT2D eigenvalue weighted by Gasteiger charge is -2.42. The summed E-state index contributed by atoms with van der Waals surface area (Å²) in [5, 5.41) is 28.9. The van der Waals surface area contributed by atoms with Gasteiger partial charge in [0.15, 0.2) is 0 Å². The molecule has 0 saturated carbocycles. The highest BCUT2D eigenvalue weighted by atomic mass is 35.5.